The average Bonchev–Trinajstić information content (AvgIpc) is 2.96. The van der Waals surface area contributed by atoms with Crippen molar-refractivity contribution in [2.75, 3.05) is 20.3 Å². The molecule has 0 bridgehead atoms. The van der Waals surface area contributed by atoms with Gasteiger partial charge in [-0.25, -0.2) is 4.79 Å². The molecule has 2 saturated heterocycles. The zero-order chi connectivity index (χ0) is 20.6. The summed E-state index contributed by atoms with van der Waals surface area (Å²) in [5.74, 6) is -2.23. The molecule has 1 aromatic rings. The van der Waals surface area contributed by atoms with E-state index in [1.54, 1.807) is 24.3 Å². The van der Waals surface area contributed by atoms with Crippen LogP contribution in [0.3, 0.4) is 0 Å². The van der Waals surface area contributed by atoms with E-state index >= 15 is 0 Å². The highest BCUT2D eigenvalue weighted by atomic mass is 16.7. The highest BCUT2D eigenvalue weighted by Crippen LogP contribution is 2.35. The Kier molecular flexibility index (Phi) is 5.42. The monoisotopic (exact) mass is 402 g/mol. The molecule has 8 heteroatoms. The van der Waals surface area contributed by atoms with Gasteiger partial charge in [-0.1, -0.05) is 12.1 Å². The Labute approximate surface area is 169 Å². The molecule has 0 radical (unpaired) electrons. The number of nitrogens with one attached hydrogen (secondary N) is 1. The third-order valence-corrected chi connectivity index (χ3v) is 5.83. The second-order valence-corrected chi connectivity index (χ2v) is 7.93. The molecule has 2 fully saturated rings. The Morgan fingerprint density at radius 1 is 1.21 bits per heavy atom. The molecule has 3 aliphatic rings. The molecule has 0 saturated carbocycles. The predicted octanol–water partition coefficient (Wildman–Crippen LogP) is 1.49. The Bertz CT molecular complexity index is 784. The van der Waals surface area contributed by atoms with Crippen LogP contribution in [0.25, 0.3) is 0 Å². The number of hydrogen-bond acceptors (Lipinski definition) is 7. The van der Waals surface area contributed by atoms with Crippen molar-refractivity contribution < 1.29 is 28.6 Å². The lowest BCUT2D eigenvalue weighted by atomic mass is 9.88. The van der Waals surface area contributed by atoms with Gasteiger partial charge in [-0.15, -0.1) is 0 Å². The number of rotatable bonds is 4. The minimum atomic E-state index is -1.02. The summed E-state index contributed by atoms with van der Waals surface area (Å²) in [7, 11) is 1.26. The van der Waals surface area contributed by atoms with E-state index in [1.807, 2.05) is 6.92 Å². The summed E-state index contributed by atoms with van der Waals surface area (Å²) in [6.45, 7) is 3.31. The summed E-state index contributed by atoms with van der Waals surface area (Å²) < 4.78 is 16.9. The molecule has 3 aliphatic heterocycles. The van der Waals surface area contributed by atoms with Crippen molar-refractivity contribution in [2.45, 2.75) is 56.5 Å². The van der Waals surface area contributed by atoms with E-state index in [9.17, 15) is 14.4 Å². The maximum atomic E-state index is 12.9. The van der Waals surface area contributed by atoms with E-state index in [0.717, 1.165) is 11.3 Å². The summed E-state index contributed by atoms with van der Waals surface area (Å²) in [6.07, 6.45) is 2.33. The third kappa shape index (κ3) is 3.68. The molecule has 0 aliphatic carbocycles. The van der Waals surface area contributed by atoms with Crippen LogP contribution in [0.5, 0.6) is 0 Å². The quantitative estimate of drug-likeness (QED) is 0.602. The molecule has 1 aromatic carbocycles. The molecule has 4 rings (SSSR count). The van der Waals surface area contributed by atoms with Crippen molar-refractivity contribution in [1.29, 1.82) is 0 Å². The molecule has 0 unspecified atom stereocenters. The van der Waals surface area contributed by atoms with Gasteiger partial charge in [0.1, 0.15) is 6.04 Å². The van der Waals surface area contributed by atoms with Crippen LogP contribution >= 0.6 is 0 Å². The van der Waals surface area contributed by atoms with Crippen molar-refractivity contribution in [1.82, 2.24) is 10.2 Å². The number of methoxy groups -OCH3 is 1. The van der Waals surface area contributed by atoms with Crippen LogP contribution in [0.1, 0.15) is 53.3 Å². The molecule has 156 valence electrons. The molecule has 2 amide bonds. The maximum absolute atomic E-state index is 12.9. The fraction of sp³-hybridized carbons (Fsp3) is 0.571. The molecular formula is C21H26N2O6. The number of hydrogen-bond donors (Lipinski definition) is 1. The summed E-state index contributed by atoms with van der Waals surface area (Å²) in [5.41, 5.74) is 0.624. The minimum absolute atomic E-state index is 0.104. The van der Waals surface area contributed by atoms with Crippen LogP contribution in [0.2, 0.25) is 0 Å². The van der Waals surface area contributed by atoms with E-state index in [4.69, 9.17) is 14.2 Å². The van der Waals surface area contributed by atoms with Crippen LogP contribution in [0.15, 0.2) is 24.3 Å². The fourth-order valence-electron chi connectivity index (χ4n) is 4.65. The van der Waals surface area contributed by atoms with Crippen LogP contribution in [-0.2, 0) is 19.0 Å². The smallest absolute Gasteiger partial charge is 0.329 e. The Morgan fingerprint density at radius 3 is 2.41 bits per heavy atom. The molecule has 8 nitrogen and oxygen atoms in total. The minimum Gasteiger partial charge on any atom is -0.467 e. The summed E-state index contributed by atoms with van der Waals surface area (Å²) >= 11 is 0. The first-order valence-electron chi connectivity index (χ1n) is 10.0. The first-order valence-corrected chi connectivity index (χ1v) is 10.0. The van der Waals surface area contributed by atoms with Crippen molar-refractivity contribution in [3.63, 3.8) is 0 Å². The number of imide groups is 1. The van der Waals surface area contributed by atoms with Gasteiger partial charge in [-0.2, -0.15) is 0 Å². The van der Waals surface area contributed by atoms with E-state index in [1.165, 1.54) is 7.11 Å². The lowest BCUT2D eigenvalue weighted by Gasteiger charge is -2.46. The lowest BCUT2D eigenvalue weighted by Crippen LogP contribution is -2.58. The van der Waals surface area contributed by atoms with E-state index < -0.39 is 29.6 Å². The second kappa shape index (κ2) is 7.85. The molecule has 0 aromatic heterocycles. The number of benzene rings is 1. The molecule has 1 spiro atoms. The van der Waals surface area contributed by atoms with Crippen LogP contribution in [0, 0.1) is 0 Å². The van der Waals surface area contributed by atoms with Crippen LogP contribution in [-0.4, -0.2) is 66.9 Å². The zero-order valence-corrected chi connectivity index (χ0v) is 16.7. The molecule has 3 atom stereocenters. The fourth-order valence-corrected chi connectivity index (χ4v) is 4.65. The standard InChI is InChI=1S/C21H26N2O6/c1-13-11-21(28-8-5-9-29-21)12-14(22-13)10-17(20(26)27-2)23-18(24)15-6-3-4-7-16(15)19(23)25/h3-4,6-7,13-14,17,22H,5,8-12H2,1-2H3/t13-,14+,17+/m1/s1. The van der Waals surface area contributed by atoms with Gasteiger partial charge in [0.2, 0.25) is 0 Å². The highest BCUT2D eigenvalue weighted by Gasteiger charge is 2.47. The number of nitrogens with zero attached hydrogens (tertiary/aromatic N) is 1. The number of carbonyl (C=O) groups is 3. The van der Waals surface area contributed by atoms with Gasteiger partial charge >= 0.3 is 5.97 Å². The lowest BCUT2D eigenvalue weighted by molar-refractivity contribution is -0.286. The Hall–Kier alpha value is -2.29. The van der Waals surface area contributed by atoms with Gasteiger partial charge in [-0.3, -0.25) is 14.5 Å². The molecule has 1 N–H and O–H groups in total. The van der Waals surface area contributed by atoms with Gasteiger partial charge < -0.3 is 19.5 Å². The molecule has 3 heterocycles. The summed E-state index contributed by atoms with van der Waals surface area (Å²) in [4.78, 5) is 39.4. The first-order chi connectivity index (χ1) is 13.9. The maximum Gasteiger partial charge on any atom is 0.329 e. The van der Waals surface area contributed by atoms with Gasteiger partial charge in [-0.05, 0) is 31.9 Å². The van der Waals surface area contributed by atoms with Gasteiger partial charge in [0, 0.05) is 24.9 Å². The average molecular weight is 402 g/mol. The van der Waals surface area contributed by atoms with E-state index in [0.29, 0.717) is 37.2 Å². The molecule has 29 heavy (non-hydrogen) atoms. The Balaban J connectivity index is 1.58. The highest BCUT2D eigenvalue weighted by molar-refractivity contribution is 6.22. The largest absolute Gasteiger partial charge is 0.467 e. The predicted molar refractivity (Wildman–Crippen MR) is 102 cm³/mol. The third-order valence-electron chi connectivity index (χ3n) is 5.83. The van der Waals surface area contributed by atoms with Gasteiger partial charge in [0.25, 0.3) is 11.8 Å². The van der Waals surface area contributed by atoms with Crippen molar-refractivity contribution in [2.24, 2.45) is 0 Å². The second-order valence-electron chi connectivity index (χ2n) is 7.93. The SMILES string of the molecule is COC(=O)[C@H](C[C@H]1CC2(C[C@@H](C)N1)OCCCO2)N1C(=O)c2ccccc2C1=O. The number of amides is 2. The normalized spacial score (nSPS) is 27.0. The first kappa shape index (κ1) is 20.0. The van der Waals surface area contributed by atoms with Gasteiger partial charge in [0.05, 0.1) is 31.5 Å². The number of piperidine rings is 1. The summed E-state index contributed by atoms with van der Waals surface area (Å²) in [5, 5.41) is 3.45. The number of ether oxygens (including phenoxy) is 3. The van der Waals surface area contributed by atoms with E-state index in [-0.39, 0.29) is 18.5 Å². The van der Waals surface area contributed by atoms with E-state index in [2.05, 4.69) is 5.32 Å². The van der Waals surface area contributed by atoms with Crippen molar-refractivity contribution >= 4 is 17.8 Å². The summed E-state index contributed by atoms with van der Waals surface area (Å²) in [6, 6.07) is 5.51. The topological polar surface area (TPSA) is 94.2 Å². The number of fused-ring (bicyclic) bond motifs is 1. The van der Waals surface area contributed by atoms with Crippen LogP contribution in [0.4, 0.5) is 0 Å². The van der Waals surface area contributed by atoms with Crippen molar-refractivity contribution in [3.8, 4) is 0 Å². The molecular weight excluding hydrogens is 376 g/mol. The van der Waals surface area contributed by atoms with Crippen molar-refractivity contribution in [3.05, 3.63) is 35.4 Å². The zero-order valence-electron chi connectivity index (χ0n) is 16.7. The Morgan fingerprint density at radius 2 is 1.83 bits per heavy atom. The van der Waals surface area contributed by atoms with Crippen LogP contribution < -0.4 is 5.32 Å². The number of esters is 1. The number of carbonyl (C=O) groups excluding carboxylic acids is 3. The van der Waals surface area contributed by atoms with Gasteiger partial charge in [0.15, 0.2) is 5.79 Å².